The van der Waals surface area contributed by atoms with E-state index in [4.69, 9.17) is 15.3 Å². The van der Waals surface area contributed by atoms with Crippen molar-refractivity contribution in [2.24, 2.45) is 11.7 Å². The Labute approximate surface area is 128 Å². The molecule has 2 amide bonds. The summed E-state index contributed by atoms with van der Waals surface area (Å²) in [5, 5.41) is 9.12. The molecule has 1 aromatic heterocycles. The minimum absolute atomic E-state index is 0.00182. The molecule has 0 aliphatic carbocycles. The fourth-order valence-electron chi connectivity index (χ4n) is 2.74. The highest BCUT2D eigenvalue weighted by Crippen LogP contribution is 2.25. The third kappa shape index (κ3) is 2.98. The number of primary amides is 1. The average Bonchev–Trinajstić information content (AvgIpc) is 2.91. The zero-order valence-electron chi connectivity index (χ0n) is 12.7. The predicted octanol–water partition coefficient (Wildman–Crippen LogP) is 1.27. The number of hydrogen-bond acceptors (Lipinski definition) is 4. The number of carboxylic acid groups (broad SMARTS) is 1. The quantitative estimate of drug-likeness (QED) is 0.869. The highest BCUT2D eigenvalue weighted by molar-refractivity contribution is 5.96. The van der Waals surface area contributed by atoms with Crippen molar-refractivity contribution >= 4 is 17.8 Å². The van der Waals surface area contributed by atoms with Gasteiger partial charge in [0.15, 0.2) is 5.76 Å². The average molecular weight is 308 g/mol. The number of rotatable bonds is 4. The van der Waals surface area contributed by atoms with Gasteiger partial charge in [-0.15, -0.1) is 0 Å². The molecule has 1 aliphatic rings. The first-order valence-electron chi connectivity index (χ1n) is 7.31. The fourth-order valence-corrected chi connectivity index (χ4v) is 2.74. The molecule has 7 heteroatoms. The monoisotopic (exact) mass is 308 g/mol. The van der Waals surface area contributed by atoms with Crippen LogP contribution >= 0.6 is 0 Å². The van der Waals surface area contributed by atoms with E-state index < -0.39 is 17.8 Å². The van der Waals surface area contributed by atoms with E-state index in [0.29, 0.717) is 19.3 Å². The number of piperidine rings is 1. The molecule has 2 unspecified atom stereocenters. The number of amides is 2. The van der Waals surface area contributed by atoms with Crippen molar-refractivity contribution in [2.45, 2.75) is 39.2 Å². The van der Waals surface area contributed by atoms with E-state index >= 15 is 0 Å². The SMILES string of the molecule is CCc1oc(C(=O)N2CC(C(N)=O)CCC2C)cc1C(=O)O. The molecule has 0 saturated carbocycles. The van der Waals surface area contributed by atoms with E-state index in [1.807, 2.05) is 6.92 Å². The maximum Gasteiger partial charge on any atom is 0.339 e. The van der Waals surface area contributed by atoms with Gasteiger partial charge in [0, 0.05) is 25.1 Å². The van der Waals surface area contributed by atoms with Gasteiger partial charge >= 0.3 is 5.97 Å². The number of aryl methyl sites for hydroxylation is 1. The van der Waals surface area contributed by atoms with Crippen LogP contribution in [0.4, 0.5) is 0 Å². The maximum absolute atomic E-state index is 12.6. The molecule has 2 heterocycles. The Balaban J connectivity index is 2.26. The van der Waals surface area contributed by atoms with E-state index in [-0.39, 0.29) is 35.6 Å². The van der Waals surface area contributed by atoms with Gasteiger partial charge in [0.25, 0.3) is 5.91 Å². The number of aromatic carboxylic acids is 1. The highest BCUT2D eigenvalue weighted by Gasteiger charge is 2.34. The summed E-state index contributed by atoms with van der Waals surface area (Å²) in [6.45, 7) is 3.88. The van der Waals surface area contributed by atoms with Crippen LogP contribution in [0.3, 0.4) is 0 Å². The normalized spacial score (nSPS) is 21.6. The predicted molar refractivity (Wildman–Crippen MR) is 77.5 cm³/mol. The molecule has 7 nitrogen and oxygen atoms in total. The van der Waals surface area contributed by atoms with Gasteiger partial charge < -0.3 is 20.2 Å². The van der Waals surface area contributed by atoms with Crippen molar-refractivity contribution in [1.29, 1.82) is 0 Å². The molecule has 0 bridgehead atoms. The Kier molecular flexibility index (Phi) is 4.54. The summed E-state index contributed by atoms with van der Waals surface area (Å²) in [6, 6.07) is 1.20. The minimum Gasteiger partial charge on any atom is -0.478 e. The van der Waals surface area contributed by atoms with Gasteiger partial charge in [-0.1, -0.05) is 6.92 Å². The molecular formula is C15H20N2O5. The van der Waals surface area contributed by atoms with Crippen LogP contribution in [0.15, 0.2) is 10.5 Å². The Morgan fingerprint density at radius 1 is 1.41 bits per heavy atom. The maximum atomic E-state index is 12.6. The van der Waals surface area contributed by atoms with E-state index in [1.54, 1.807) is 6.92 Å². The smallest absolute Gasteiger partial charge is 0.339 e. The zero-order valence-corrected chi connectivity index (χ0v) is 12.7. The van der Waals surface area contributed by atoms with Crippen molar-refractivity contribution in [2.75, 3.05) is 6.54 Å². The van der Waals surface area contributed by atoms with Crippen molar-refractivity contribution < 1.29 is 23.9 Å². The Hall–Kier alpha value is -2.31. The number of carbonyl (C=O) groups excluding carboxylic acids is 2. The Bertz CT molecular complexity index is 607. The molecule has 0 radical (unpaired) electrons. The first kappa shape index (κ1) is 16.1. The van der Waals surface area contributed by atoms with Crippen molar-refractivity contribution in [1.82, 2.24) is 4.90 Å². The lowest BCUT2D eigenvalue weighted by Crippen LogP contribution is -2.48. The van der Waals surface area contributed by atoms with Gasteiger partial charge in [-0.2, -0.15) is 0 Å². The lowest BCUT2D eigenvalue weighted by Gasteiger charge is -2.36. The second kappa shape index (κ2) is 6.21. The minimum atomic E-state index is -1.12. The van der Waals surface area contributed by atoms with Crippen LogP contribution in [-0.2, 0) is 11.2 Å². The summed E-state index contributed by atoms with van der Waals surface area (Å²) in [6.07, 6.45) is 1.71. The van der Waals surface area contributed by atoms with Crippen molar-refractivity contribution in [3.8, 4) is 0 Å². The first-order chi connectivity index (χ1) is 10.3. The second-order valence-electron chi connectivity index (χ2n) is 5.59. The lowest BCUT2D eigenvalue weighted by molar-refractivity contribution is -0.123. The molecule has 1 aliphatic heterocycles. The number of hydrogen-bond donors (Lipinski definition) is 2. The van der Waals surface area contributed by atoms with Gasteiger partial charge in [-0.25, -0.2) is 4.79 Å². The molecule has 22 heavy (non-hydrogen) atoms. The van der Waals surface area contributed by atoms with E-state index in [9.17, 15) is 14.4 Å². The van der Waals surface area contributed by atoms with E-state index in [1.165, 1.54) is 11.0 Å². The number of carboxylic acids is 1. The van der Waals surface area contributed by atoms with Gasteiger partial charge in [0.05, 0.1) is 5.92 Å². The number of furan rings is 1. The number of carbonyl (C=O) groups is 3. The fraction of sp³-hybridized carbons (Fsp3) is 0.533. The molecule has 1 aromatic rings. The highest BCUT2D eigenvalue weighted by atomic mass is 16.4. The molecule has 0 spiro atoms. The molecular weight excluding hydrogens is 288 g/mol. The van der Waals surface area contributed by atoms with Crippen LogP contribution in [0.2, 0.25) is 0 Å². The van der Waals surface area contributed by atoms with Crippen LogP contribution in [0.25, 0.3) is 0 Å². The lowest BCUT2D eigenvalue weighted by atomic mass is 9.92. The van der Waals surface area contributed by atoms with E-state index in [0.717, 1.165) is 0 Å². The molecule has 1 saturated heterocycles. The molecule has 3 N–H and O–H groups in total. The van der Waals surface area contributed by atoms with E-state index in [2.05, 4.69) is 0 Å². The zero-order chi connectivity index (χ0) is 16.4. The summed E-state index contributed by atoms with van der Waals surface area (Å²) < 4.78 is 5.40. The summed E-state index contributed by atoms with van der Waals surface area (Å²) in [5.41, 5.74) is 5.33. The summed E-state index contributed by atoms with van der Waals surface area (Å²) >= 11 is 0. The van der Waals surface area contributed by atoms with Gasteiger partial charge in [0.1, 0.15) is 11.3 Å². The molecule has 2 atom stereocenters. The third-order valence-electron chi connectivity index (χ3n) is 4.12. The largest absolute Gasteiger partial charge is 0.478 e. The van der Waals surface area contributed by atoms with Crippen LogP contribution in [0, 0.1) is 5.92 Å². The number of nitrogens with zero attached hydrogens (tertiary/aromatic N) is 1. The van der Waals surface area contributed by atoms with Crippen LogP contribution in [-0.4, -0.2) is 40.4 Å². The van der Waals surface area contributed by atoms with Crippen LogP contribution < -0.4 is 5.73 Å². The first-order valence-corrected chi connectivity index (χ1v) is 7.31. The number of likely N-dealkylation sites (tertiary alicyclic amines) is 1. The third-order valence-corrected chi connectivity index (χ3v) is 4.12. The molecule has 0 aromatic carbocycles. The Morgan fingerprint density at radius 2 is 2.09 bits per heavy atom. The number of nitrogens with two attached hydrogens (primary N) is 1. The summed E-state index contributed by atoms with van der Waals surface area (Å²) in [7, 11) is 0. The molecule has 120 valence electrons. The van der Waals surface area contributed by atoms with Crippen LogP contribution in [0.1, 0.15) is 53.4 Å². The molecule has 2 rings (SSSR count). The topological polar surface area (TPSA) is 114 Å². The van der Waals surface area contributed by atoms with Gasteiger partial charge in [-0.3, -0.25) is 9.59 Å². The van der Waals surface area contributed by atoms with Gasteiger partial charge in [0.2, 0.25) is 5.91 Å². The molecule has 1 fully saturated rings. The van der Waals surface area contributed by atoms with Crippen molar-refractivity contribution in [3.05, 3.63) is 23.2 Å². The summed E-state index contributed by atoms with van der Waals surface area (Å²) in [5.74, 6) is -2.07. The van der Waals surface area contributed by atoms with Gasteiger partial charge in [-0.05, 0) is 19.8 Å². The van der Waals surface area contributed by atoms with Crippen molar-refractivity contribution in [3.63, 3.8) is 0 Å². The summed E-state index contributed by atoms with van der Waals surface area (Å²) in [4.78, 5) is 36.6. The second-order valence-corrected chi connectivity index (χ2v) is 5.59. The Morgan fingerprint density at radius 3 is 2.59 bits per heavy atom. The van der Waals surface area contributed by atoms with Crippen LogP contribution in [0.5, 0.6) is 0 Å². The standard InChI is InChI=1S/C15H20N2O5/c1-3-11-10(15(20)21)6-12(22-11)14(19)17-7-9(13(16)18)5-4-8(17)2/h6,8-9H,3-5,7H2,1-2H3,(H2,16,18)(H,20,21).